The molecule has 1 atom stereocenters. The Labute approximate surface area is 238 Å². The van der Waals surface area contributed by atoms with Crippen LogP contribution in [-0.4, -0.2) is 37.5 Å². The van der Waals surface area contributed by atoms with E-state index in [0.29, 0.717) is 28.3 Å². The van der Waals surface area contributed by atoms with E-state index in [1.54, 1.807) is 68.5 Å². The smallest absolute Gasteiger partial charge is 0.335 e. The maximum Gasteiger partial charge on any atom is 0.335 e. The summed E-state index contributed by atoms with van der Waals surface area (Å²) in [6.07, 6.45) is 5.24. The van der Waals surface area contributed by atoms with Gasteiger partial charge in [-0.2, -0.15) is 0 Å². The van der Waals surface area contributed by atoms with Gasteiger partial charge in [-0.3, -0.25) is 9.10 Å². The van der Waals surface area contributed by atoms with Crippen LogP contribution in [0.3, 0.4) is 0 Å². The number of carbonyl (C=O) groups excluding carboxylic acids is 1. The highest BCUT2D eigenvalue weighted by Gasteiger charge is 2.35. The van der Waals surface area contributed by atoms with Crippen molar-refractivity contribution in [3.05, 3.63) is 118 Å². The first-order valence-electron chi connectivity index (χ1n) is 12.5. The number of para-hydroxylation sites is 1. The van der Waals surface area contributed by atoms with E-state index in [-0.39, 0.29) is 22.7 Å². The Morgan fingerprint density at radius 2 is 1.80 bits per heavy atom. The minimum absolute atomic E-state index is 0.0153. The molecule has 8 nitrogen and oxygen atoms in total. The first kappa shape index (κ1) is 28.9. The van der Waals surface area contributed by atoms with Crippen LogP contribution in [-0.2, 0) is 21.4 Å². The van der Waals surface area contributed by atoms with Crippen molar-refractivity contribution in [1.29, 1.82) is 0 Å². The van der Waals surface area contributed by atoms with Gasteiger partial charge in [0, 0.05) is 18.0 Å². The van der Waals surface area contributed by atoms with Crippen LogP contribution in [0.15, 0.2) is 95.9 Å². The number of benzene rings is 3. The Hall–Kier alpha value is -4.08. The number of carboxylic acids is 1. The number of allylic oxidation sites excluding steroid dienone is 1. The van der Waals surface area contributed by atoms with Crippen LogP contribution < -0.4 is 14.4 Å². The molecular weight excluding hydrogens is 552 g/mol. The molecule has 10 heteroatoms. The summed E-state index contributed by atoms with van der Waals surface area (Å²) in [6, 6.07) is 20.1. The predicted molar refractivity (Wildman–Crippen MR) is 155 cm³/mol. The van der Waals surface area contributed by atoms with Crippen molar-refractivity contribution in [2.45, 2.75) is 32.4 Å². The molecule has 1 aliphatic carbocycles. The molecule has 0 aromatic heterocycles. The first-order valence-corrected chi connectivity index (χ1v) is 14.3. The lowest BCUT2D eigenvalue weighted by molar-refractivity contribution is -0.119. The van der Waals surface area contributed by atoms with Crippen LogP contribution in [0.1, 0.15) is 34.8 Å². The Kier molecular flexibility index (Phi) is 8.66. The molecule has 0 saturated heterocycles. The normalized spacial score (nSPS) is 16.6. The first-order chi connectivity index (χ1) is 19.0. The second kappa shape index (κ2) is 12.0. The summed E-state index contributed by atoms with van der Waals surface area (Å²) in [5.74, 6) is -1.06. The average molecular weight is 581 g/mol. The molecule has 0 aliphatic heterocycles. The van der Waals surface area contributed by atoms with E-state index >= 15 is 0 Å². The van der Waals surface area contributed by atoms with E-state index in [9.17, 15) is 23.1 Å². The summed E-state index contributed by atoms with van der Waals surface area (Å²) in [6.45, 7) is 2.98. The highest BCUT2D eigenvalue weighted by Crippen LogP contribution is 2.34. The molecule has 4 rings (SSSR count). The van der Waals surface area contributed by atoms with Crippen molar-refractivity contribution in [2.24, 2.45) is 0 Å². The number of carbonyl (C=O) groups is 2. The number of nitrogens with one attached hydrogen (secondary N) is 1. The summed E-state index contributed by atoms with van der Waals surface area (Å²) in [5.41, 5.74) is 0.473. The van der Waals surface area contributed by atoms with Gasteiger partial charge in [-0.1, -0.05) is 54.1 Å². The molecule has 208 valence electrons. The van der Waals surface area contributed by atoms with Crippen molar-refractivity contribution in [2.75, 3.05) is 10.8 Å². The topological polar surface area (TPSA) is 113 Å². The fourth-order valence-electron chi connectivity index (χ4n) is 4.30. The van der Waals surface area contributed by atoms with Crippen LogP contribution in [0, 0.1) is 6.92 Å². The number of halogens is 1. The Morgan fingerprint density at radius 3 is 2.52 bits per heavy atom. The number of sulfonamides is 1. The number of aromatic carboxylic acids is 1. The molecular formula is C30H29ClN2O6S. The molecule has 0 fully saturated rings. The number of nitrogens with zero attached hydrogens (tertiary/aromatic N) is 1. The Morgan fingerprint density at radius 1 is 1.07 bits per heavy atom. The molecule has 0 spiro atoms. The lowest BCUT2D eigenvalue weighted by Crippen LogP contribution is -2.42. The van der Waals surface area contributed by atoms with E-state index in [4.69, 9.17) is 16.3 Å². The molecule has 40 heavy (non-hydrogen) atoms. The number of anilines is 1. The van der Waals surface area contributed by atoms with Crippen LogP contribution in [0.25, 0.3) is 0 Å². The number of carboxylic acid groups (broad SMARTS) is 1. The van der Waals surface area contributed by atoms with Crippen LogP contribution in [0.5, 0.6) is 5.75 Å². The molecule has 3 aromatic rings. The molecule has 0 bridgehead atoms. The van der Waals surface area contributed by atoms with Crippen molar-refractivity contribution in [3.63, 3.8) is 0 Å². The predicted octanol–water partition coefficient (Wildman–Crippen LogP) is 5.48. The van der Waals surface area contributed by atoms with Crippen LogP contribution in [0.2, 0.25) is 5.02 Å². The lowest BCUT2D eigenvalue weighted by Gasteiger charge is -2.32. The fraction of sp³-hybridized carbons (Fsp3) is 0.200. The summed E-state index contributed by atoms with van der Waals surface area (Å²) in [4.78, 5) is 24.3. The molecule has 0 saturated carbocycles. The number of hydrogen-bond donors (Lipinski definition) is 2. The van der Waals surface area contributed by atoms with Gasteiger partial charge in [0.25, 0.3) is 10.0 Å². The number of hydrogen-bond acceptors (Lipinski definition) is 5. The van der Waals surface area contributed by atoms with Gasteiger partial charge in [0.1, 0.15) is 17.9 Å². The van der Waals surface area contributed by atoms with Gasteiger partial charge >= 0.3 is 5.97 Å². The summed E-state index contributed by atoms with van der Waals surface area (Å²) in [5, 5.41) is 12.3. The number of rotatable bonds is 10. The SMILES string of the molecule is Cc1c(Cl)cccc1N(CC(=O)NCc1cccc(C(=O)O)c1)S(=O)(=O)C1=CC(C)(Oc2ccccc2)CC=C1. The lowest BCUT2D eigenvalue weighted by atomic mass is 9.97. The van der Waals surface area contributed by atoms with Gasteiger partial charge in [-0.05, 0) is 73.5 Å². The van der Waals surface area contributed by atoms with Crippen molar-refractivity contribution in [3.8, 4) is 5.75 Å². The van der Waals surface area contributed by atoms with E-state index in [2.05, 4.69) is 5.32 Å². The quantitative estimate of drug-likeness (QED) is 0.328. The largest absolute Gasteiger partial charge is 0.483 e. The van der Waals surface area contributed by atoms with E-state index in [1.165, 1.54) is 18.2 Å². The van der Waals surface area contributed by atoms with Crippen molar-refractivity contribution in [1.82, 2.24) is 5.32 Å². The van der Waals surface area contributed by atoms with Crippen molar-refractivity contribution < 1.29 is 27.9 Å². The van der Waals surface area contributed by atoms with Gasteiger partial charge in [0.05, 0.1) is 16.2 Å². The zero-order valence-electron chi connectivity index (χ0n) is 22.0. The second-order valence-electron chi connectivity index (χ2n) is 9.56. The average Bonchev–Trinajstić information content (AvgIpc) is 2.92. The van der Waals surface area contributed by atoms with Crippen LogP contribution in [0.4, 0.5) is 5.69 Å². The molecule has 0 heterocycles. The summed E-state index contributed by atoms with van der Waals surface area (Å²) >= 11 is 6.33. The summed E-state index contributed by atoms with van der Waals surface area (Å²) < 4.78 is 35.3. The highest BCUT2D eigenvalue weighted by molar-refractivity contribution is 7.96. The Bertz CT molecular complexity index is 1590. The molecule has 3 aromatic carbocycles. The standard InChI is InChI=1S/C30H29ClN2O6S/c1-21-26(31)14-7-15-27(21)33(20-28(34)32-19-22-9-6-10-23(17-22)29(35)36)40(37,38)25-13-8-16-30(2,18-25)39-24-11-4-3-5-12-24/h3-15,17-18H,16,19-20H2,1-2H3,(H,32,34)(H,35,36). The molecule has 1 amide bonds. The maximum absolute atomic E-state index is 14.1. The monoisotopic (exact) mass is 580 g/mol. The third kappa shape index (κ3) is 6.73. The third-order valence-electron chi connectivity index (χ3n) is 6.39. The molecule has 1 aliphatic rings. The van der Waals surface area contributed by atoms with E-state index in [0.717, 1.165) is 4.31 Å². The van der Waals surface area contributed by atoms with E-state index < -0.39 is 34.0 Å². The second-order valence-corrected chi connectivity index (χ2v) is 11.8. The molecule has 2 N–H and O–H groups in total. The van der Waals surface area contributed by atoms with Crippen molar-refractivity contribution >= 4 is 39.2 Å². The zero-order chi connectivity index (χ0) is 28.9. The minimum Gasteiger partial charge on any atom is -0.483 e. The molecule has 0 radical (unpaired) electrons. The number of amides is 1. The van der Waals surface area contributed by atoms with Crippen LogP contribution >= 0.6 is 11.6 Å². The fourth-order valence-corrected chi connectivity index (χ4v) is 6.14. The highest BCUT2D eigenvalue weighted by atomic mass is 35.5. The van der Waals surface area contributed by atoms with Gasteiger partial charge in [-0.25, -0.2) is 13.2 Å². The number of ether oxygens (including phenoxy) is 1. The van der Waals surface area contributed by atoms with Gasteiger partial charge < -0.3 is 15.2 Å². The maximum atomic E-state index is 14.1. The third-order valence-corrected chi connectivity index (χ3v) is 8.56. The van der Waals surface area contributed by atoms with E-state index in [1.807, 2.05) is 18.2 Å². The van der Waals surface area contributed by atoms with Gasteiger partial charge in [-0.15, -0.1) is 0 Å². The zero-order valence-corrected chi connectivity index (χ0v) is 23.6. The van der Waals surface area contributed by atoms with Gasteiger partial charge in [0.15, 0.2) is 0 Å². The Balaban J connectivity index is 1.63. The molecule has 1 unspecified atom stereocenters. The minimum atomic E-state index is -4.25. The van der Waals surface area contributed by atoms with Gasteiger partial charge in [0.2, 0.25) is 5.91 Å². The summed E-state index contributed by atoms with van der Waals surface area (Å²) in [7, 11) is -4.25.